The van der Waals surface area contributed by atoms with Gasteiger partial charge in [-0.05, 0) is 40.8 Å². The van der Waals surface area contributed by atoms with Crippen molar-refractivity contribution in [3.63, 3.8) is 0 Å². The Bertz CT molecular complexity index is 792. The molecule has 0 unspecified atom stereocenters. The second-order valence-corrected chi connectivity index (χ2v) is 8.20. The summed E-state index contributed by atoms with van der Waals surface area (Å²) < 4.78 is 11.1. The molecule has 1 fully saturated rings. The van der Waals surface area contributed by atoms with Gasteiger partial charge in [-0.3, -0.25) is 9.69 Å². The minimum Gasteiger partial charge on any atom is -0.484 e. The molecule has 0 aliphatic carbocycles. The molecule has 0 spiro atoms. The lowest BCUT2D eigenvalue weighted by atomic mass is 9.87. The van der Waals surface area contributed by atoms with E-state index in [1.807, 2.05) is 36.4 Å². The van der Waals surface area contributed by atoms with Gasteiger partial charge in [0.15, 0.2) is 6.61 Å². The summed E-state index contributed by atoms with van der Waals surface area (Å²) in [5.41, 5.74) is 3.20. The largest absolute Gasteiger partial charge is 0.484 e. The molecule has 1 heterocycles. The van der Waals surface area contributed by atoms with E-state index < -0.39 is 0 Å². The third-order valence-corrected chi connectivity index (χ3v) is 4.79. The number of hydrogen-bond acceptors (Lipinski definition) is 4. The minimum absolute atomic E-state index is 0.0126. The van der Waals surface area contributed by atoms with Gasteiger partial charge in [0.05, 0.1) is 13.2 Å². The highest BCUT2D eigenvalue weighted by atomic mass is 16.5. The molecule has 1 aliphatic rings. The Morgan fingerprint density at radius 2 is 1.86 bits per heavy atom. The minimum atomic E-state index is -0.162. The predicted molar refractivity (Wildman–Crippen MR) is 112 cm³/mol. The smallest absolute Gasteiger partial charge is 0.262 e. The van der Waals surface area contributed by atoms with Crippen LogP contribution in [0.4, 0.5) is 5.69 Å². The average molecular weight is 383 g/mol. The quantitative estimate of drug-likeness (QED) is 0.825. The highest BCUT2D eigenvalue weighted by Gasteiger charge is 2.14. The van der Waals surface area contributed by atoms with Crippen LogP contribution in [0.5, 0.6) is 5.75 Å². The van der Waals surface area contributed by atoms with Crippen molar-refractivity contribution in [3.05, 3.63) is 59.7 Å². The predicted octanol–water partition coefficient (Wildman–Crippen LogP) is 3.83. The summed E-state index contributed by atoms with van der Waals surface area (Å²) in [6.07, 6.45) is 0. The van der Waals surface area contributed by atoms with Gasteiger partial charge in [-0.1, -0.05) is 45.0 Å². The number of benzene rings is 2. The van der Waals surface area contributed by atoms with Gasteiger partial charge in [-0.25, -0.2) is 0 Å². The van der Waals surface area contributed by atoms with Crippen LogP contribution >= 0.6 is 0 Å². The van der Waals surface area contributed by atoms with Crippen molar-refractivity contribution >= 4 is 11.6 Å². The molecule has 1 N–H and O–H groups in total. The van der Waals surface area contributed by atoms with Crippen molar-refractivity contribution in [2.24, 2.45) is 0 Å². The van der Waals surface area contributed by atoms with Crippen LogP contribution in [0.2, 0.25) is 0 Å². The Morgan fingerprint density at radius 1 is 1.11 bits per heavy atom. The number of nitrogens with one attached hydrogen (secondary N) is 1. The summed E-state index contributed by atoms with van der Waals surface area (Å²) in [7, 11) is 0. The van der Waals surface area contributed by atoms with Crippen molar-refractivity contribution < 1.29 is 14.3 Å². The Hall–Kier alpha value is -2.37. The van der Waals surface area contributed by atoms with Crippen LogP contribution < -0.4 is 10.1 Å². The Balaban J connectivity index is 1.53. The van der Waals surface area contributed by atoms with Crippen LogP contribution in [-0.2, 0) is 21.5 Å². The average Bonchev–Trinajstić information content (AvgIpc) is 2.67. The van der Waals surface area contributed by atoms with Gasteiger partial charge < -0.3 is 14.8 Å². The van der Waals surface area contributed by atoms with E-state index in [0.717, 1.165) is 38.5 Å². The van der Waals surface area contributed by atoms with Gasteiger partial charge in [-0.15, -0.1) is 0 Å². The number of carbonyl (C=O) groups excluding carboxylic acids is 1. The number of ether oxygens (including phenoxy) is 2. The highest BCUT2D eigenvalue weighted by molar-refractivity contribution is 5.91. The number of nitrogens with zero attached hydrogens (tertiary/aromatic N) is 1. The van der Waals surface area contributed by atoms with Crippen LogP contribution in [0.1, 0.15) is 31.9 Å². The first kappa shape index (κ1) is 20.4. The van der Waals surface area contributed by atoms with Crippen LogP contribution in [0.25, 0.3) is 0 Å². The molecule has 1 aliphatic heterocycles. The summed E-state index contributed by atoms with van der Waals surface area (Å²) >= 11 is 0. The zero-order valence-corrected chi connectivity index (χ0v) is 17.0. The second kappa shape index (κ2) is 9.22. The van der Waals surface area contributed by atoms with Crippen molar-refractivity contribution in [2.45, 2.75) is 32.7 Å². The summed E-state index contributed by atoms with van der Waals surface area (Å²) in [5, 5.41) is 2.93. The van der Waals surface area contributed by atoms with Crippen molar-refractivity contribution in [1.29, 1.82) is 0 Å². The molecule has 1 saturated heterocycles. The van der Waals surface area contributed by atoms with Crippen LogP contribution in [0, 0.1) is 0 Å². The molecule has 0 radical (unpaired) electrons. The Labute approximate surface area is 167 Å². The topological polar surface area (TPSA) is 50.8 Å². The van der Waals surface area contributed by atoms with E-state index in [4.69, 9.17) is 9.47 Å². The third kappa shape index (κ3) is 6.08. The third-order valence-electron chi connectivity index (χ3n) is 4.79. The summed E-state index contributed by atoms with van der Waals surface area (Å²) in [5.74, 6) is 0.549. The van der Waals surface area contributed by atoms with Gasteiger partial charge in [0.1, 0.15) is 5.75 Å². The van der Waals surface area contributed by atoms with E-state index in [2.05, 4.69) is 43.1 Å². The van der Waals surface area contributed by atoms with Gasteiger partial charge in [0, 0.05) is 25.3 Å². The highest BCUT2D eigenvalue weighted by Crippen LogP contribution is 2.25. The number of rotatable bonds is 6. The lowest BCUT2D eigenvalue weighted by molar-refractivity contribution is -0.118. The Morgan fingerprint density at radius 3 is 2.61 bits per heavy atom. The van der Waals surface area contributed by atoms with Gasteiger partial charge in [-0.2, -0.15) is 0 Å². The first-order valence-corrected chi connectivity index (χ1v) is 9.82. The van der Waals surface area contributed by atoms with E-state index in [1.54, 1.807) is 0 Å². The lowest BCUT2D eigenvalue weighted by Crippen LogP contribution is -2.35. The summed E-state index contributed by atoms with van der Waals surface area (Å²) in [6, 6.07) is 15.9. The van der Waals surface area contributed by atoms with E-state index in [1.165, 1.54) is 11.1 Å². The standard InChI is InChI=1S/C23H30N2O3/c1-23(2,3)19-7-5-9-21(15-19)28-17-22(26)24-20-8-4-6-18(14-20)16-25-10-12-27-13-11-25/h4-9,14-15H,10-13,16-17H2,1-3H3,(H,24,26). The molecule has 0 aromatic heterocycles. The fraction of sp³-hybridized carbons (Fsp3) is 0.435. The first-order chi connectivity index (χ1) is 13.4. The van der Waals surface area contributed by atoms with Crippen molar-refractivity contribution in [2.75, 3.05) is 38.2 Å². The number of morpholine rings is 1. The lowest BCUT2D eigenvalue weighted by Gasteiger charge is -2.26. The molecule has 0 atom stereocenters. The molecule has 1 amide bonds. The number of hydrogen-bond donors (Lipinski definition) is 1. The molecule has 3 rings (SSSR count). The second-order valence-electron chi connectivity index (χ2n) is 8.20. The molecule has 0 saturated carbocycles. The van der Waals surface area contributed by atoms with E-state index in [0.29, 0.717) is 5.75 Å². The van der Waals surface area contributed by atoms with Gasteiger partial charge in [0.2, 0.25) is 0 Å². The van der Waals surface area contributed by atoms with Crippen LogP contribution in [0.15, 0.2) is 48.5 Å². The van der Waals surface area contributed by atoms with E-state index >= 15 is 0 Å². The molecule has 5 heteroatoms. The van der Waals surface area contributed by atoms with Gasteiger partial charge >= 0.3 is 0 Å². The molecule has 28 heavy (non-hydrogen) atoms. The number of amides is 1. The zero-order chi connectivity index (χ0) is 20.0. The molecule has 2 aromatic rings. The van der Waals surface area contributed by atoms with Crippen molar-refractivity contribution in [3.8, 4) is 5.75 Å². The monoisotopic (exact) mass is 382 g/mol. The van der Waals surface area contributed by atoms with Gasteiger partial charge in [0.25, 0.3) is 5.91 Å². The molecule has 2 aromatic carbocycles. The zero-order valence-electron chi connectivity index (χ0n) is 17.0. The van der Waals surface area contributed by atoms with E-state index in [9.17, 15) is 4.79 Å². The maximum absolute atomic E-state index is 12.3. The summed E-state index contributed by atoms with van der Waals surface area (Å²) in [6.45, 7) is 10.8. The Kier molecular flexibility index (Phi) is 6.70. The molecule has 0 bridgehead atoms. The molecular formula is C23H30N2O3. The van der Waals surface area contributed by atoms with Crippen molar-refractivity contribution in [1.82, 2.24) is 4.90 Å². The first-order valence-electron chi connectivity index (χ1n) is 9.82. The maximum atomic E-state index is 12.3. The SMILES string of the molecule is CC(C)(C)c1cccc(OCC(=O)Nc2cccc(CN3CCOCC3)c2)c1. The summed E-state index contributed by atoms with van der Waals surface area (Å²) in [4.78, 5) is 14.7. The molecule has 150 valence electrons. The normalized spacial score (nSPS) is 15.2. The molecular weight excluding hydrogens is 352 g/mol. The fourth-order valence-electron chi connectivity index (χ4n) is 3.16. The van der Waals surface area contributed by atoms with E-state index in [-0.39, 0.29) is 17.9 Å². The maximum Gasteiger partial charge on any atom is 0.262 e. The van der Waals surface area contributed by atoms with Crippen LogP contribution in [-0.4, -0.2) is 43.7 Å². The van der Waals surface area contributed by atoms with Crippen LogP contribution in [0.3, 0.4) is 0 Å². The number of anilines is 1. The number of carbonyl (C=O) groups is 1. The fourth-order valence-corrected chi connectivity index (χ4v) is 3.16. The molecule has 5 nitrogen and oxygen atoms in total.